The number of ether oxygens (including phenoxy) is 1. The van der Waals surface area contributed by atoms with Crippen LogP contribution < -0.4 is 16.2 Å². The first-order valence-electron chi connectivity index (χ1n) is 5.56. The lowest BCUT2D eigenvalue weighted by Crippen LogP contribution is -2.38. The van der Waals surface area contributed by atoms with Crippen LogP contribution in [0.2, 0.25) is 5.02 Å². The molecule has 4 N–H and O–H groups in total. The van der Waals surface area contributed by atoms with E-state index in [0.29, 0.717) is 28.8 Å². The van der Waals surface area contributed by atoms with Gasteiger partial charge in [-0.05, 0) is 43.5 Å². The molecule has 1 saturated carbocycles. The molecule has 92 valence electrons. The molecule has 1 amide bonds. The molecule has 1 aromatic rings. The molecule has 1 aliphatic carbocycles. The largest absolute Gasteiger partial charge is 0.490 e. The lowest BCUT2D eigenvalue weighted by Gasteiger charge is -2.34. The van der Waals surface area contributed by atoms with Gasteiger partial charge < -0.3 is 16.2 Å². The van der Waals surface area contributed by atoms with Gasteiger partial charge in [-0.1, -0.05) is 11.6 Å². The third-order valence-corrected chi connectivity index (χ3v) is 3.26. The molecule has 1 aliphatic rings. The Labute approximate surface area is 105 Å². The molecule has 0 atom stereocenters. The fourth-order valence-corrected chi connectivity index (χ4v) is 2.10. The van der Waals surface area contributed by atoms with Crippen LogP contribution in [0.5, 0.6) is 5.75 Å². The second-order valence-electron chi connectivity index (χ2n) is 4.32. The number of benzene rings is 1. The van der Waals surface area contributed by atoms with Crippen molar-refractivity contribution in [2.24, 2.45) is 17.4 Å². The molecule has 0 unspecified atom stereocenters. The highest BCUT2D eigenvalue weighted by Gasteiger charge is 2.30. The lowest BCUT2D eigenvalue weighted by atomic mass is 9.82. The Morgan fingerprint density at radius 3 is 2.76 bits per heavy atom. The van der Waals surface area contributed by atoms with E-state index >= 15 is 0 Å². The Hall–Kier alpha value is -1.26. The zero-order chi connectivity index (χ0) is 12.4. The standard InChI is InChI=1S/C12H15ClN2O2/c13-8-1-2-10(12(15)16)11(5-8)17-9-3-7(4-9)6-14/h1-2,5,7,9H,3-4,6,14H2,(H2,15,16). The van der Waals surface area contributed by atoms with Gasteiger partial charge in [0.15, 0.2) is 0 Å². The molecule has 1 aromatic carbocycles. The average molecular weight is 255 g/mol. The van der Waals surface area contributed by atoms with E-state index in [1.807, 2.05) is 0 Å². The van der Waals surface area contributed by atoms with Crippen LogP contribution in [-0.2, 0) is 0 Å². The third kappa shape index (κ3) is 2.70. The summed E-state index contributed by atoms with van der Waals surface area (Å²) >= 11 is 5.87. The second kappa shape index (κ2) is 4.94. The molecule has 0 heterocycles. The predicted octanol–water partition coefficient (Wildman–Crippen LogP) is 1.55. The van der Waals surface area contributed by atoms with E-state index in [9.17, 15) is 4.79 Å². The summed E-state index contributed by atoms with van der Waals surface area (Å²) in [7, 11) is 0. The summed E-state index contributed by atoms with van der Waals surface area (Å²) in [6, 6.07) is 4.83. The van der Waals surface area contributed by atoms with E-state index in [-0.39, 0.29) is 6.10 Å². The number of hydrogen-bond acceptors (Lipinski definition) is 3. The highest BCUT2D eigenvalue weighted by Crippen LogP contribution is 2.32. The SMILES string of the molecule is NCC1CC(Oc2cc(Cl)ccc2C(N)=O)C1. The average Bonchev–Trinajstić information content (AvgIpc) is 2.22. The van der Waals surface area contributed by atoms with Crippen LogP contribution in [0, 0.1) is 5.92 Å². The van der Waals surface area contributed by atoms with Gasteiger partial charge in [-0.15, -0.1) is 0 Å². The molecule has 17 heavy (non-hydrogen) atoms. The van der Waals surface area contributed by atoms with Crippen LogP contribution in [0.4, 0.5) is 0 Å². The summed E-state index contributed by atoms with van der Waals surface area (Å²) in [5, 5.41) is 0.527. The van der Waals surface area contributed by atoms with Crippen molar-refractivity contribution in [1.29, 1.82) is 0 Å². The molecule has 4 nitrogen and oxygen atoms in total. The van der Waals surface area contributed by atoms with Gasteiger partial charge in [-0.2, -0.15) is 0 Å². The Morgan fingerprint density at radius 2 is 2.18 bits per heavy atom. The fourth-order valence-electron chi connectivity index (χ4n) is 1.94. The normalized spacial score (nSPS) is 22.9. The number of hydrogen-bond donors (Lipinski definition) is 2. The first-order valence-corrected chi connectivity index (χ1v) is 5.94. The topological polar surface area (TPSA) is 78.3 Å². The molecule has 1 fully saturated rings. The van der Waals surface area contributed by atoms with Crippen LogP contribution in [0.15, 0.2) is 18.2 Å². The summed E-state index contributed by atoms with van der Waals surface area (Å²) < 4.78 is 5.71. The Kier molecular flexibility index (Phi) is 3.54. The maximum atomic E-state index is 11.2. The van der Waals surface area contributed by atoms with Gasteiger partial charge in [0.2, 0.25) is 0 Å². The quantitative estimate of drug-likeness (QED) is 0.856. The molecule has 0 spiro atoms. The highest BCUT2D eigenvalue weighted by atomic mass is 35.5. The summed E-state index contributed by atoms with van der Waals surface area (Å²) in [5.41, 5.74) is 11.2. The van der Waals surface area contributed by atoms with Crippen molar-refractivity contribution in [3.05, 3.63) is 28.8 Å². The van der Waals surface area contributed by atoms with Gasteiger partial charge in [0.05, 0.1) is 11.7 Å². The fraction of sp³-hybridized carbons (Fsp3) is 0.417. The number of carbonyl (C=O) groups excluding carboxylic acids is 1. The number of halogens is 1. The zero-order valence-electron chi connectivity index (χ0n) is 9.36. The van der Waals surface area contributed by atoms with Gasteiger partial charge in [0, 0.05) is 5.02 Å². The number of amides is 1. The van der Waals surface area contributed by atoms with Gasteiger partial charge >= 0.3 is 0 Å². The molecule has 0 radical (unpaired) electrons. The Morgan fingerprint density at radius 1 is 1.47 bits per heavy atom. The van der Waals surface area contributed by atoms with Crippen molar-refractivity contribution in [1.82, 2.24) is 0 Å². The van der Waals surface area contributed by atoms with Crippen LogP contribution in [0.1, 0.15) is 23.2 Å². The van der Waals surface area contributed by atoms with Gasteiger partial charge in [0.25, 0.3) is 5.91 Å². The summed E-state index contributed by atoms with van der Waals surface area (Å²) in [5.74, 6) is 0.480. The smallest absolute Gasteiger partial charge is 0.252 e. The molecule has 0 aromatic heterocycles. The molecular formula is C12H15ClN2O2. The molecule has 0 aliphatic heterocycles. The van der Waals surface area contributed by atoms with Crippen LogP contribution >= 0.6 is 11.6 Å². The molecule has 0 bridgehead atoms. The van der Waals surface area contributed by atoms with Crippen LogP contribution in [0.25, 0.3) is 0 Å². The number of rotatable bonds is 4. The first kappa shape index (κ1) is 12.2. The Bertz CT molecular complexity index is 431. The highest BCUT2D eigenvalue weighted by molar-refractivity contribution is 6.30. The maximum absolute atomic E-state index is 11.2. The van der Waals surface area contributed by atoms with E-state index in [2.05, 4.69) is 0 Å². The minimum absolute atomic E-state index is 0.111. The van der Waals surface area contributed by atoms with Gasteiger partial charge in [0.1, 0.15) is 5.75 Å². The first-order chi connectivity index (χ1) is 8.10. The van der Waals surface area contributed by atoms with E-state index < -0.39 is 5.91 Å². The Balaban J connectivity index is 2.09. The summed E-state index contributed by atoms with van der Waals surface area (Å²) in [6.45, 7) is 0.679. The lowest BCUT2D eigenvalue weighted by molar-refractivity contribution is 0.0674. The van der Waals surface area contributed by atoms with Crippen LogP contribution in [0.3, 0.4) is 0 Å². The molecule has 0 saturated heterocycles. The van der Waals surface area contributed by atoms with Crippen molar-refractivity contribution < 1.29 is 9.53 Å². The van der Waals surface area contributed by atoms with E-state index in [4.69, 9.17) is 27.8 Å². The molecule has 2 rings (SSSR count). The van der Waals surface area contributed by atoms with Crippen molar-refractivity contribution in [3.8, 4) is 5.75 Å². The predicted molar refractivity (Wildman–Crippen MR) is 66.2 cm³/mol. The van der Waals surface area contributed by atoms with Crippen molar-refractivity contribution in [2.45, 2.75) is 18.9 Å². The van der Waals surface area contributed by atoms with Crippen molar-refractivity contribution >= 4 is 17.5 Å². The molecular weight excluding hydrogens is 240 g/mol. The van der Waals surface area contributed by atoms with Crippen molar-refractivity contribution in [3.63, 3.8) is 0 Å². The van der Waals surface area contributed by atoms with E-state index in [1.165, 1.54) is 0 Å². The van der Waals surface area contributed by atoms with Crippen LogP contribution in [-0.4, -0.2) is 18.6 Å². The minimum atomic E-state index is -0.508. The second-order valence-corrected chi connectivity index (χ2v) is 4.75. The molecule has 5 heteroatoms. The minimum Gasteiger partial charge on any atom is -0.490 e. The number of carbonyl (C=O) groups is 1. The van der Waals surface area contributed by atoms with E-state index in [1.54, 1.807) is 18.2 Å². The monoisotopic (exact) mass is 254 g/mol. The third-order valence-electron chi connectivity index (χ3n) is 3.03. The summed E-state index contributed by atoms with van der Waals surface area (Å²) in [4.78, 5) is 11.2. The van der Waals surface area contributed by atoms with Gasteiger partial charge in [-0.25, -0.2) is 0 Å². The maximum Gasteiger partial charge on any atom is 0.252 e. The summed E-state index contributed by atoms with van der Waals surface area (Å²) in [6.07, 6.45) is 1.95. The number of nitrogens with two attached hydrogens (primary N) is 2. The zero-order valence-corrected chi connectivity index (χ0v) is 10.1. The van der Waals surface area contributed by atoms with Crippen molar-refractivity contribution in [2.75, 3.05) is 6.54 Å². The number of primary amides is 1. The van der Waals surface area contributed by atoms with E-state index in [0.717, 1.165) is 12.8 Å². The van der Waals surface area contributed by atoms with Gasteiger partial charge in [-0.3, -0.25) is 4.79 Å².